The first-order valence-corrected chi connectivity index (χ1v) is 6.54. The Morgan fingerprint density at radius 1 is 1.50 bits per heavy atom. The van der Waals surface area contributed by atoms with Crippen molar-refractivity contribution in [2.45, 2.75) is 25.3 Å². The summed E-state index contributed by atoms with van der Waals surface area (Å²) in [5.41, 5.74) is 1.27. The molecule has 0 radical (unpaired) electrons. The minimum absolute atomic E-state index is 0.0121. The lowest BCUT2D eigenvalue weighted by Gasteiger charge is -2.06. The van der Waals surface area contributed by atoms with Gasteiger partial charge in [0.2, 0.25) is 0 Å². The summed E-state index contributed by atoms with van der Waals surface area (Å²) in [5.74, 6) is -1.40. The van der Waals surface area contributed by atoms with Crippen molar-refractivity contribution in [3.63, 3.8) is 0 Å². The Labute approximate surface area is 119 Å². The molecular weight excluding hydrogens is 285 g/mol. The van der Waals surface area contributed by atoms with Gasteiger partial charge in [0.25, 0.3) is 0 Å². The SMILES string of the molecule is O=C(O)c1nnn(Cc2ccc(Cl)c(F)c2)c1C1CC1. The fraction of sp³-hybridized carbons (Fsp3) is 0.308. The van der Waals surface area contributed by atoms with E-state index in [4.69, 9.17) is 16.7 Å². The number of hydrogen-bond acceptors (Lipinski definition) is 3. The average Bonchev–Trinajstić information content (AvgIpc) is 3.15. The first-order valence-electron chi connectivity index (χ1n) is 6.17. The van der Waals surface area contributed by atoms with E-state index in [2.05, 4.69) is 10.3 Å². The van der Waals surface area contributed by atoms with Gasteiger partial charge in [-0.1, -0.05) is 22.9 Å². The van der Waals surface area contributed by atoms with E-state index in [1.165, 1.54) is 16.8 Å². The molecule has 0 unspecified atom stereocenters. The number of rotatable bonds is 4. The van der Waals surface area contributed by atoms with Crippen LogP contribution in [0.25, 0.3) is 0 Å². The van der Waals surface area contributed by atoms with E-state index >= 15 is 0 Å². The van der Waals surface area contributed by atoms with Crippen molar-refractivity contribution < 1.29 is 14.3 Å². The van der Waals surface area contributed by atoms with Crippen LogP contribution >= 0.6 is 11.6 Å². The van der Waals surface area contributed by atoms with Crippen LogP contribution in [0.3, 0.4) is 0 Å². The lowest BCUT2D eigenvalue weighted by Crippen LogP contribution is -2.08. The lowest BCUT2D eigenvalue weighted by molar-refractivity contribution is 0.0689. The molecule has 3 rings (SSSR count). The fourth-order valence-electron chi connectivity index (χ4n) is 2.16. The quantitative estimate of drug-likeness (QED) is 0.941. The molecular formula is C13H11ClFN3O2. The minimum Gasteiger partial charge on any atom is -0.476 e. The lowest BCUT2D eigenvalue weighted by atomic mass is 10.2. The maximum atomic E-state index is 13.4. The Kier molecular flexibility index (Phi) is 3.17. The Morgan fingerprint density at radius 3 is 2.85 bits per heavy atom. The first-order chi connectivity index (χ1) is 9.56. The van der Waals surface area contributed by atoms with Crippen LogP contribution in [-0.2, 0) is 6.54 Å². The zero-order chi connectivity index (χ0) is 14.3. The molecule has 1 aliphatic rings. The largest absolute Gasteiger partial charge is 0.476 e. The van der Waals surface area contributed by atoms with Crippen LogP contribution in [0.5, 0.6) is 0 Å². The molecule has 2 aromatic rings. The van der Waals surface area contributed by atoms with E-state index in [9.17, 15) is 9.18 Å². The zero-order valence-electron chi connectivity index (χ0n) is 10.4. The van der Waals surface area contributed by atoms with Gasteiger partial charge >= 0.3 is 5.97 Å². The summed E-state index contributed by atoms with van der Waals surface area (Å²) in [4.78, 5) is 11.1. The van der Waals surface area contributed by atoms with Gasteiger partial charge in [-0.2, -0.15) is 0 Å². The highest BCUT2D eigenvalue weighted by Crippen LogP contribution is 2.41. The normalized spacial score (nSPS) is 14.5. The van der Waals surface area contributed by atoms with Crippen molar-refractivity contribution in [3.8, 4) is 0 Å². The zero-order valence-corrected chi connectivity index (χ0v) is 11.1. The molecule has 0 aliphatic heterocycles. The topological polar surface area (TPSA) is 68.0 Å². The van der Waals surface area contributed by atoms with Crippen LogP contribution in [0.2, 0.25) is 5.02 Å². The highest BCUT2D eigenvalue weighted by molar-refractivity contribution is 6.30. The third-order valence-corrected chi connectivity index (χ3v) is 3.56. The summed E-state index contributed by atoms with van der Waals surface area (Å²) in [6.45, 7) is 0.278. The molecule has 1 fully saturated rings. The second-order valence-corrected chi connectivity index (χ2v) is 5.22. The third kappa shape index (κ3) is 2.38. The summed E-state index contributed by atoms with van der Waals surface area (Å²) in [6.07, 6.45) is 1.87. The Balaban J connectivity index is 1.94. The minimum atomic E-state index is -1.08. The molecule has 20 heavy (non-hydrogen) atoms. The highest BCUT2D eigenvalue weighted by Gasteiger charge is 2.33. The maximum Gasteiger partial charge on any atom is 0.358 e. The number of aromatic carboxylic acids is 1. The predicted octanol–water partition coefficient (Wildman–Crippen LogP) is 2.69. The monoisotopic (exact) mass is 295 g/mol. The van der Waals surface area contributed by atoms with Crippen LogP contribution in [0, 0.1) is 5.82 Å². The second kappa shape index (κ2) is 4.86. The summed E-state index contributed by atoms with van der Waals surface area (Å²) < 4.78 is 14.9. The van der Waals surface area contributed by atoms with Crippen molar-refractivity contribution in [2.75, 3.05) is 0 Å². The maximum absolute atomic E-state index is 13.4. The molecule has 0 amide bonds. The molecule has 104 valence electrons. The highest BCUT2D eigenvalue weighted by atomic mass is 35.5. The van der Waals surface area contributed by atoms with Crippen molar-refractivity contribution in [1.82, 2.24) is 15.0 Å². The van der Waals surface area contributed by atoms with E-state index in [1.54, 1.807) is 6.07 Å². The Bertz CT molecular complexity index is 682. The summed E-state index contributed by atoms with van der Waals surface area (Å²) in [7, 11) is 0. The molecule has 1 aliphatic carbocycles. The molecule has 0 atom stereocenters. The number of nitrogens with zero attached hydrogens (tertiary/aromatic N) is 3. The molecule has 5 nitrogen and oxygen atoms in total. The van der Waals surface area contributed by atoms with Gasteiger partial charge in [-0.15, -0.1) is 5.10 Å². The molecule has 1 N–H and O–H groups in total. The van der Waals surface area contributed by atoms with Gasteiger partial charge in [-0.05, 0) is 30.5 Å². The molecule has 0 spiro atoms. The Morgan fingerprint density at radius 2 is 2.25 bits per heavy atom. The van der Waals surface area contributed by atoms with Gasteiger partial charge in [0.05, 0.1) is 17.3 Å². The van der Waals surface area contributed by atoms with Crippen molar-refractivity contribution in [2.24, 2.45) is 0 Å². The fourth-order valence-corrected chi connectivity index (χ4v) is 2.28. The third-order valence-electron chi connectivity index (χ3n) is 3.26. The van der Waals surface area contributed by atoms with Crippen LogP contribution in [0.4, 0.5) is 4.39 Å². The van der Waals surface area contributed by atoms with E-state index < -0.39 is 11.8 Å². The Hall–Kier alpha value is -1.95. The van der Waals surface area contributed by atoms with Crippen LogP contribution in [-0.4, -0.2) is 26.1 Å². The van der Waals surface area contributed by atoms with Gasteiger partial charge in [0, 0.05) is 5.92 Å². The van der Waals surface area contributed by atoms with E-state index in [0.717, 1.165) is 12.8 Å². The van der Waals surface area contributed by atoms with E-state index in [1.807, 2.05) is 0 Å². The molecule has 1 saturated carbocycles. The smallest absolute Gasteiger partial charge is 0.358 e. The number of hydrogen-bond donors (Lipinski definition) is 1. The summed E-state index contributed by atoms with van der Waals surface area (Å²) >= 11 is 5.63. The summed E-state index contributed by atoms with van der Waals surface area (Å²) in [5, 5.41) is 16.7. The predicted molar refractivity (Wildman–Crippen MR) is 69.5 cm³/mol. The number of benzene rings is 1. The van der Waals surface area contributed by atoms with Crippen LogP contribution in [0.1, 0.15) is 40.5 Å². The summed E-state index contributed by atoms with van der Waals surface area (Å²) in [6, 6.07) is 4.48. The molecule has 1 heterocycles. The van der Waals surface area contributed by atoms with Gasteiger partial charge in [-0.25, -0.2) is 13.9 Å². The number of halogens is 2. The molecule has 7 heteroatoms. The second-order valence-electron chi connectivity index (χ2n) is 4.81. The van der Waals surface area contributed by atoms with E-state index in [-0.39, 0.29) is 23.2 Å². The molecule has 1 aromatic carbocycles. The number of aromatic nitrogens is 3. The van der Waals surface area contributed by atoms with Crippen molar-refractivity contribution in [1.29, 1.82) is 0 Å². The van der Waals surface area contributed by atoms with Gasteiger partial charge in [0.15, 0.2) is 5.69 Å². The van der Waals surface area contributed by atoms with Crippen LogP contribution < -0.4 is 0 Å². The van der Waals surface area contributed by atoms with Crippen LogP contribution in [0.15, 0.2) is 18.2 Å². The van der Waals surface area contributed by atoms with Crippen molar-refractivity contribution >= 4 is 17.6 Å². The number of carboxylic acids is 1. The van der Waals surface area contributed by atoms with E-state index in [0.29, 0.717) is 11.3 Å². The standard InChI is InChI=1S/C13H11ClFN3O2/c14-9-4-1-7(5-10(9)15)6-18-12(8-2-3-8)11(13(19)20)16-17-18/h1,4-5,8H,2-3,6H2,(H,19,20). The molecule has 0 saturated heterocycles. The number of carboxylic acid groups (broad SMARTS) is 1. The number of carbonyl (C=O) groups is 1. The van der Waals surface area contributed by atoms with Gasteiger partial charge < -0.3 is 5.11 Å². The van der Waals surface area contributed by atoms with Gasteiger partial charge in [-0.3, -0.25) is 0 Å². The van der Waals surface area contributed by atoms with Crippen molar-refractivity contribution in [3.05, 3.63) is 46.0 Å². The molecule has 1 aromatic heterocycles. The molecule has 0 bridgehead atoms. The van der Waals surface area contributed by atoms with Gasteiger partial charge in [0.1, 0.15) is 5.82 Å². The average molecular weight is 296 g/mol. The first kappa shape index (κ1) is 13.1.